The van der Waals surface area contributed by atoms with E-state index in [1.54, 1.807) is 6.92 Å². The Morgan fingerprint density at radius 1 is 1.10 bits per heavy atom. The maximum absolute atomic E-state index is 11.9. The van der Waals surface area contributed by atoms with Gasteiger partial charge >= 0.3 is 0 Å². The predicted molar refractivity (Wildman–Crippen MR) is 113 cm³/mol. The van der Waals surface area contributed by atoms with Gasteiger partial charge in [0.15, 0.2) is 0 Å². The molecule has 1 aliphatic carbocycles. The Labute approximate surface area is 178 Å². The molecule has 168 valence electrons. The highest BCUT2D eigenvalue weighted by Crippen LogP contribution is 2.33. The maximum atomic E-state index is 11.9. The first kappa shape index (κ1) is 24.6. The molecule has 1 aromatic rings. The van der Waals surface area contributed by atoms with Gasteiger partial charge in [0.25, 0.3) is 10.1 Å². The summed E-state index contributed by atoms with van der Waals surface area (Å²) in [5, 5.41) is 3.11. The van der Waals surface area contributed by atoms with Crippen LogP contribution in [0.4, 0.5) is 0 Å². The van der Waals surface area contributed by atoms with E-state index in [2.05, 4.69) is 5.32 Å². The lowest BCUT2D eigenvalue weighted by atomic mass is 9.86. The molecule has 0 saturated heterocycles. The van der Waals surface area contributed by atoms with Gasteiger partial charge in [0.2, 0.25) is 0 Å². The summed E-state index contributed by atoms with van der Waals surface area (Å²) < 4.78 is 48.0. The fourth-order valence-electron chi connectivity index (χ4n) is 3.02. The molecule has 8 nitrogen and oxygen atoms in total. The van der Waals surface area contributed by atoms with Crippen LogP contribution < -0.4 is 5.32 Å². The lowest BCUT2D eigenvalue weighted by Crippen LogP contribution is -2.43. The van der Waals surface area contributed by atoms with Gasteiger partial charge in [-0.15, -0.1) is 0 Å². The number of allylic oxidation sites excluding steroid dienone is 1. The van der Waals surface area contributed by atoms with E-state index < -0.39 is 14.9 Å². The first-order valence-corrected chi connectivity index (χ1v) is 11.4. The quantitative estimate of drug-likeness (QED) is 0.195. The van der Waals surface area contributed by atoms with Gasteiger partial charge in [-0.25, -0.2) is 0 Å². The second-order valence-corrected chi connectivity index (χ2v) is 9.05. The van der Waals surface area contributed by atoms with E-state index in [1.807, 2.05) is 30.3 Å². The van der Waals surface area contributed by atoms with E-state index in [0.717, 1.165) is 5.56 Å². The zero-order valence-corrected chi connectivity index (χ0v) is 18.1. The van der Waals surface area contributed by atoms with Crippen LogP contribution in [0.15, 0.2) is 42.5 Å². The third-order valence-electron chi connectivity index (χ3n) is 4.96. The fraction of sp³-hybridized carbons (Fsp3) is 0.571. The molecule has 2 N–H and O–H groups in total. The van der Waals surface area contributed by atoms with Crippen LogP contribution in [0.3, 0.4) is 0 Å². The van der Waals surface area contributed by atoms with Crippen LogP contribution in [-0.2, 0) is 35.7 Å². The number of benzene rings is 1. The van der Waals surface area contributed by atoms with Crippen LogP contribution in [0.5, 0.6) is 0 Å². The third kappa shape index (κ3) is 7.90. The largest absolute Gasteiger partial charge is 0.379 e. The van der Waals surface area contributed by atoms with Crippen molar-refractivity contribution in [2.24, 2.45) is 5.92 Å². The summed E-state index contributed by atoms with van der Waals surface area (Å²) in [5.74, 6) is -0.551. The first-order valence-electron chi connectivity index (χ1n) is 10.0. The highest BCUT2D eigenvalue weighted by atomic mass is 32.2. The topological polar surface area (TPSA) is 111 Å². The highest BCUT2D eigenvalue weighted by Gasteiger charge is 2.45. The summed E-state index contributed by atoms with van der Waals surface area (Å²) in [7, 11) is -4.41. The van der Waals surface area contributed by atoms with Gasteiger partial charge in [0.1, 0.15) is 10.5 Å². The predicted octanol–water partition coefficient (Wildman–Crippen LogP) is 1.97. The molecule has 0 spiro atoms. The van der Waals surface area contributed by atoms with Gasteiger partial charge in [-0.05, 0) is 12.0 Å². The molecule has 0 fully saturated rings. The highest BCUT2D eigenvalue weighted by molar-refractivity contribution is 7.87. The van der Waals surface area contributed by atoms with Crippen molar-refractivity contribution in [3.8, 4) is 0 Å². The van der Waals surface area contributed by atoms with Gasteiger partial charge in [-0.3, -0.25) is 14.7 Å². The molecule has 30 heavy (non-hydrogen) atoms. The zero-order valence-electron chi connectivity index (χ0n) is 17.3. The van der Waals surface area contributed by atoms with Crippen molar-refractivity contribution >= 4 is 15.9 Å². The van der Waals surface area contributed by atoms with Crippen LogP contribution in [0, 0.1) is 5.92 Å². The minimum absolute atomic E-state index is 0.0150. The van der Waals surface area contributed by atoms with Crippen molar-refractivity contribution in [3.05, 3.63) is 48.0 Å². The molecule has 0 aromatic heterocycles. The lowest BCUT2D eigenvalue weighted by molar-refractivity contribution is -0.122. The second-order valence-electron chi connectivity index (χ2n) is 7.28. The Hall–Kier alpha value is -1.62. The number of hydrogen-bond acceptors (Lipinski definition) is 7. The molecular weight excluding hydrogens is 410 g/mol. The summed E-state index contributed by atoms with van der Waals surface area (Å²) >= 11 is 0. The van der Waals surface area contributed by atoms with Gasteiger partial charge in [0.05, 0.1) is 33.2 Å². The molecule has 0 aliphatic heterocycles. The van der Waals surface area contributed by atoms with Crippen LogP contribution in [0.25, 0.3) is 0 Å². The molecule has 0 radical (unpaired) electrons. The second kappa shape index (κ2) is 12.3. The van der Waals surface area contributed by atoms with Gasteiger partial charge in [-0.2, -0.15) is 8.42 Å². The van der Waals surface area contributed by atoms with E-state index in [4.69, 9.17) is 14.2 Å². The van der Waals surface area contributed by atoms with Crippen LogP contribution in [0.2, 0.25) is 0 Å². The Morgan fingerprint density at radius 2 is 1.80 bits per heavy atom. The normalized spacial score (nSPS) is 21.8. The smallest absolute Gasteiger partial charge is 0.274 e. The summed E-state index contributed by atoms with van der Waals surface area (Å²) in [6.07, 6.45) is 2.72. The molecule has 2 rings (SSSR count). The van der Waals surface area contributed by atoms with E-state index in [9.17, 15) is 17.8 Å². The minimum Gasteiger partial charge on any atom is -0.379 e. The number of ether oxygens (including phenoxy) is 3. The number of carbonyl (C=O) groups is 1. The van der Waals surface area contributed by atoms with E-state index in [1.165, 1.54) is 12.2 Å². The number of ketones is 1. The molecule has 2 unspecified atom stereocenters. The Bertz CT molecular complexity index is 782. The SMILES string of the molecule is CC1C=CC(CCOCCOCCNCOCc2ccccc2)(S(=O)(=O)O)CC1=O. The number of carbonyl (C=O) groups excluding carboxylic acids is 1. The maximum Gasteiger partial charge on any atom is 0.274 e. The summed E-state index contributed by atoms with van der Waals surface area (Å²) in [6, 6.07) is 9.91. The Balaban J connectivity index is 1.51. The molecule has 1 aromatic carbocycles. The number of nitrogens with one attached hydrogen (secondary N) is 1. The molecule has 9 heteroatoms. The Morgan fingerprint density at radius 3 is 2.47 bits per heavy atom. The van der Waals surface area contributed by atoms with Crippen molar-refractivity contribution < 1.29 is 32.0 Å². The number of rotatable bonds is 14. The molecule has 0 bridgehead atoms. The van der Waals surface area contributed by atoms with E-state index >= 15 is 0 Å². The standard InChI is InChI=1S/C21H31NO7S/c1-18-7-8-21(15-20(18)23,30(24,25)26)9-11-27-13-14-28-12-10-22-17-29-16-19-5-3-2-4-6-19/h2-8,18,22H,9-17H2,1H3,(H,24,25,26). The van der Waals surface area contributed by atoms with Crippen LogP contribution in [-0.4, -0.2) is 63.2 Å². The van der Waals surface area contributed by atoms with Gasteiger partial charge in [-0.1, -0.05) is 49.4 Å². The molecule has 0 heterocycles. The molecular formula is C21H31NO7S. The van der Waals surface area contributed by atoms with Crippen LogP contribution in [0.1, 0.15) is 25.3 Å². The monoisotopic (exact) mass is 441 g/mol. The van der Waals surface area contributed by atoms with Gasteiger partial charge < -0.3 is 14.2 Å². The van der Waals surface area contributed by atoms with Crippen molar-refractivity contribution in [1.82, 2.24) is 5.32 Å². The molecule has 2 atom stereocenters. The van der Waals surface area contributed by atoms with Crippen molar-refractivity contribution in [3.63, 3.8) is 0 Å². The summed E-state index contributed by atoms with van der Waals surface area (Å²) in [4.78, 5) is 11.9. The fourth-order valence-corrected chi connectivity index (χ4v) is 3.93. The first-order chi connectivity index (χ1) is 14.3. The number of hydrogen-bond donors (Lipinski definition) is 2. The van der Waals surface area contributed by atoms with E-state index in [-0.39, 0.29) is 31.1 Å². The lowest BCUT2D eigenvalue weighted by Gasteiger charge is -2.30. The third-order valence-corrected chi connectivity index (χ3v) is 6.48. The van der Waals surface area contributed by atoms with Crippen molar-refractivity contribution in [2.45, 2.75) is 31.1 Å². The van der Waals surface area contributed by atoms with Crippen molar-refractivity contribution in [1.29, 1.82) is 0 Å². The summed E-state index contributed by atoms with van der Waals surface area (Å²) in [5.41, 5.74) is 1.12. The summed E-state index contributed by atoms with van der Waals surface area (Å²) in [6.45, 7) is 4.54. The average molecular weight is 442 g/mol. The van der Waals surface area contributed by atoms with Crippen molar-refractivity contribution in [2.75, 3.05) is 39.7 Å². The molecule has 0 amide bonds. The average Bonchev–Trinajstić information content (AvgIpc) is 2.71. The zero-order chi connectivity index (χ0) is 21.9. The van der Waals surface area contributed by atoms with E-state index in [0.29, 0.717) is 39.7 Å². The minimum atomic E-state index is -4.41. The Kier molecular flexibility index (Phi) is 10.1. The van der Waals surface area contributed by atoms with Crippen LogP contribution >= 0.6 is 0 Å². The van der Waals surface area contributed by atoms with Gasteiger partial charge in [0, 0.05) is 25.5 Å². The molecule has 0 saturated carbocycles. The number of Topliss-reactive ketones (excluding diaryl/α,β-unsaturated/α-hetero) is 1. The molecule has 1 aliphatic rings.